The summed E-state index contributed by atoms with van der Waals surface area (Å²) in [6.45, 7) is 2.38. The summed E-state index contributed by atoms with van der Waals surface area (Å²) in [5, 5.41) is 2.93. The van der Waals surface area contributed by atoms with Gasteiger partial charge in [-0.2, -0.15) is 0 Å². The van der Waals surface area contributed by atoms with Crippen LogP contribution in [0.25, 0.3) is 0 Å². The van der Waals surface area contributed by atoms with E-state index in [1.807, 2.05) is 0 Å². The molecule has 0 aromatic rings. The molecular weight excluding hydrogens is 206 g/mol. The highest BCUT2D eigenvalue weighted by atomic mass is 16.5. The minimum atomic E-state index is 0.131. The number of carbonyl (C=O) groups excluding carboxylic acids is 1. The Morgan fingerprint density at radius 2 is 1.81 bits per heavy atom. The highest BCUT2D eigenvalue weighted by Gasteiger charge is 2.18. The second-order valence-corrected chi connectivity index (χ2v) is 4.61. The minimum absolute atomic E-state index is 0.131. The van der Waals surface area contributed by atoms with Crippen LogP contribution in [0.5, 0.6) is 0 Å². The van der Waals surface area contributed by atoms with Gasteiger partial charge in [0.1, 0.15) is 0 Å². The molecule has 2 saturated heterocycles. The van der Waals surface area contributed by atoms with Crippen molar-refractivity contribution in [1.29, 1.82) is 0 Å². The van der Waals surface area contributed by atoms with Crippen molar-refractivity contribution in [2.24, 2.45) is 0 Å². The number of hydrogen-bond donors (Lipinski definition) is 1. The fourth-order valence-corrected chi connectivity index (χ4v) is 2.29. The molecule has 0 unspecified atom stereocenters. The van der Waals surface area contributed by atoms with E-state index in [2.05, 4.69) is 5.32 Å². The van der Waals surface area contributed by atoms with Crippen LogP contribution in [0, 0.1) is 0 Å². The molecule has 0 aromatic carbocycles. The zero-order valence-corrected chi connectivity index (χ0v) is 9.74. The van der Waals surface area contributed by atoms with Crippen molar-refractivity contribution in [3.8, 4) is 0 Å². The zero-order valence-electron chi connectivity index (χ0n) is 9.74. The van der Waals surface area contributed by atoms with Gasteiger partial charge in [-0.1, -0.05) is 0 Å². The molecule has 16 heavy (non-hydrogen) atoms. The maximum absolute atomic E-state index is 11.5. The smallest absolute Gasteiger partial charge is 0.220 e. The van der Waals surface area contributed by atoms with Gasteiger partial charge in [-0.05, 0) is 32.1 Å². The first-order chi connectivity index (χ1) is 7.84. The fraction of sp³-hybridized carbons (Fsp3) is 0.917. The van der Waals surface area contributed by atoms with E-state index in [1.54, 1.807) is 0 Å². The van der Waals surface area contributed by atoms with Crippen LogP contribution in [-0.4, -0.2) is 37.9 Å². The average molecular weight is 227 g/mol. The molecule has 0 saturated carbocycles. The van der Waals surface area contributed by atoms with Crippen LogP contribution < -0.4 is 5.32 Å². The maximum Gasteiger partial charge on any atom is 0.220 e. The third kappa shape index (κ3) is 3.76. The van der Waals surface area contributed by atoms with Gasteiger partial charge in [0.2, 0.25) is 5.91 Å². The minimum Gasteiger partial charge on any atom is -0.378 e. The standard InChI is InChI=1S/C12H21NO3/c14-12(6-5-10-3-1-7-15-10)13-9-11-4-2-8-16-11/h10-11H,1-9H2,(H,13,14)/t10-,11-/m1/s1. The number of hydrogen-bond acceptors (Lipinski definition) is 3. The number of rotatable bonds is 5. The van der Waals surface area contributed by atoms with Crippen LogP contribution in [0.3, 0.4) is 0 Å². The van der Waals surface area contributed by atoms with Crippen molar-refractivity contribution in [1.82, 2.24) is 5.32 Å². The predicted molar refractivity (Wildman–Crippen MR) is 60.2 cm³/mol. The first-order valence-electron chi connectivity index (χ1n) is 6.34. The molecule has 1 amide bonds. The summed E-state index contributed by atoms with van der Waals surface area (Å²) in [6, 6.07) is 0. The third-order valence-electron chi connectivity index (χ3n) is 3.27. The number of carbonyl (C=O) groups is 1. The molecule has 2 atom stereocenters. The van der Waals surface area contributed by atoms with Crippen LogP contribution in [0.2, 0.25) is 0 Å². The topological polar surface area (TPSA) is 47.6 Å². The summed E-state index contributed by atoms with van der Waals surface area (Å²) in [6.07, 6.45) is 6.44. The molecule has 0 aliphatic carbocycles. The van der Waals surface area contributed by atoms with Crippen LogP contribution in [0.15, 0.2) is 0 Å². The van der Waals surface area contributed by atoms with Crippen molar-refractivity contribution in [3.63, 3.8) is 0 Å². The van der Waals surface area contributed by atoms with Crippen LogP contribution in [-0.2, 0) is 14.3 Å². The molecule has 92 valence electrons. The van der Waals surface area contributed by atoms with E-state index in [1.165, 1.54) is 0 Å². The first-order valence-corrected chi connectivity index (χ1v) is 6.34. The highest BCUT2D eigenvalue weighted by Crippen LogP contribution is 2.16. The Kier molecular flexibility index (Phi) is 4.60. The fourth-order valence-electron chi connectivity index (χ4n) is 2.29. The van der Waals surface area contributed by atoms with Gasteiger partial charge >= 0.3 is 0 Å². The molecule has 2 fully saturated rings. The lowest BCUT2D eigenvalue weighted by atomic mass is 10.1. The van der Waals surface area contributed by atoms with E-state index in [0.717, 1.165) is 45.3 Å². The summed E-state index contributed by atoms with van der Waals surface area (Å²) in [4.78, 5) is 11.5. The quantitative estimate of drug-likeness (QED) is 0.768. The van der Waals surface area contributed by atoms with E-state index < -0.39 is 0 Å². The number of nitrogens with one attached hydrogen (secondary N) is 1. The Hall–Kier alpha value is -0.610. The molecule has 2 heterocycles. The molecule has 4 nitrogen and oxygen atoms in total. The van der Waals surface area contributed by atoms with E-state index in [0.29, 0.717) is 19.1 Å². The molecule has 4 heteroatoms. The molecule has 2 rings (SSSR count). The molecule has 2 aliphatic heterocycles. The molecule has 0 spiro atoms. The Balaban J connectivity index is 1.53. The van der Waals surface area contributed by atoms with E-state index in [-0.39, 0.29) is 12.0 Å². The van der Waals surface area contributed by atoms with Gasteiger partial charge in [0.15, 0.2) is 0 Å². The zero-order chi connectivity index (χ0) is 11.2. The van der Waals surface area contributed by atoms with Crippen molar-refractivity contribution >= 4 is 5.91 Å². The Bertz CT molecular complexity index is 198. The van der Waals surface area contributed by atoms with Gasteiger partial charge in [0, 0.05) is 26.2 Å². The lowest BCUT2D eigenvalue weighted by Crippen LogP contribution is -2.32. The Labute approximate surface area is 96.7 Å². The predicted octanol–water partition coefficient (Wildman–Crippen LogP) is 1.24. The molecule has 2 aliphatic rings. The van der Waals surface area contributed by atoms with Crippen molar-refractivity contribution in [3.05, 3.63) is 0 Å². The lowest BCUT2D eigenvalue weighted by Gasteiger charge is -2.12. The van der Waals surface area contributed by atoms with E-state index >= 15 is 0 Å². The van der Waals surface area contributed by atoms with Gasteiger partial charge in [0.05, 0.1) is 12.2 Å². The van der Waals surface area contributed by atoms with Gasteiger partial charge in [-0.15, -0.1) is 0 Å². The van der Waals surface area contributed by atoms with Gasteiger partial charge in [0.25, 0.3) is 0 Å². The SMILES string of the molecule is O=C(CC[C@H]1CCCO1)NC[C@H]1CCCO1. The van der Waals surface area contributed by atoms with Crippen molar-refractivity contribution in [2.75, 3.05) is 19.8 Å². The molecular formula is C12H21NO3. The molecule has 0 bridgehead atoms. The Morgan fingerprint density at radius 3 is 2.44 bits per heavy atom. The van der Waals surface area contributed by atoms with Crippen LogP contribution in [0.1, 0.15) is 38.5 Å². The van der Waals surface area contributed by atoms with Crippen LogP contribution in [0.4, 0.5) is 0 Å². The number of ether oxygens (including phenoxy) is 2. The number of amides is 1. The van der Waals surface area contributed by atoms with Gasteiger partial charge in [-0.25, -0.2) is 0 Å². The normalized spacial score (nSPS) is 29.5. The summed E-state index contributed by atoms with van der Waals surface area (Å²) in [5.41, 5.74) is 0. The van der Waals surface area contributed by atoms with Gasteiger partial charge < -0.3 is 14.8 Å². The lowest BCUT2D eigenvalue weighted by molar-refractivity contribution is -0.122. The molecule has 0 aromatic heterocycles. The summed E-state index contributed by atoms with van der Waals surface area (Å²) in [7, 11) is 0. The second-order valence-electron chi connectivity index (χ2n) is 4.61. The summed E-state index contributed by atoms with van der Waals surface area (Å²) >= 11 is 0. The first kappa shape index (κ1) is 11.9. The maximum atomic E-state index is 11.5. The summed E-state index contributed by atoms with van der Waals surface area (Å²) < 4.78 is 10.9. The van der Waals surface area contributed by atoms with E-state index in [4.69, 9.17) is 9.47 Å². The Morgan fingerprint density at radius 1 is 1.12 bits per heavy atom. The average Bonchev–Trinajstić information content (AvgIpc) is 2.96. The molecule has 0 radical (unpaired) electrons. The summed E-state index contributed by atoms with van der Waals surface area (Å²) in [5.74, 6) is 0.131. The van der Waals surface area contributed by atoms with E-state index in [9.17, 15) is 4.79 Å². The second kappa shape index (κ2) is 6.21. The molecule has 1 N–H and O–H groups in total. The highest BCUT2D eigenvalue weighted by molar-refractivity contribution is 5.75. The monoisotopic (exact) mass is 227 g/mol. The van der Waals surface area contributed by atoms with Crippen molar-refractivity contribution in [2.45, 2.75) is 50.7 Å². The van der Waals surface area contributed by atoms with Gasteiger partial charge in [-0.3, -0.25) is 4.79 Å². The third-order valence-corrected chi connectivity index (χ3v) is 3.27. The van der Waals surface area contributed by atoms with Crippen molar-refractivity contribution < 1.29 is 14.3 Å². The van der Waals surface area contributed by atoms with Crippen LogP contribution >= 0.6 is 0 Å². The largest absolute Gasteiger partial charge is 0.378 e.